The van der Waals surface area contributed by atoms with Crippen LogP contribution in [0.25, 0.3) is 0 Å². The summed E-state index contributed by atoms with van der Waals surface area (Å²) in [6, 6.07) is 0. The molecule has 2 unspecified atom stereocenters. The SMILES string of the molecule is CC(C)(C)S(=O)(=O)CCC1CCCCCC1O. The van der Waals surface area contributed by atoms with Gasteiger partial charge in [0.25, 0.3) is 0 Å². The van der Waals surface area contributed by atoms with E-state index in [0.717, 1.165) is 25.7 Å². The molecule has 1 fully saturated rings. The molecule has 1 aliphatic carbocycles. The lowest BCUT2D eigenvalue weighted by molar-refractivity contribution is 0.0988. The summed E-state index contributed by atoms with van der Waals surface area (Å²) in [5, 5.41) is 9.95. The van der Waals surface area contributed by atoms with Crippen LogP contribution >= 0.6 is 0 Å². The predicted octanol–water partition coefficient (Wildman–Crippen LogP) is 2.53. The number of rotatable bonds is 3. The summed E-state index contributed by atoms with van der Waals surface area (Å²) in [6.07, 6.45) is 5.48. The van der Waals surface area contributed by atoms with E-state index in [9.17, 15) is 13.5 Å². The van der Waals surface area contributed by atoms with Gasteiger partial charge in [-0.15, -0.1) is 0 Å². The van der Waals surface area contributed by atoms with Crippen molar-refractivity contribution in [2.45, 2.75) is 70.1 Å². The predicted molar refractivity (Wildman–Crippen MR) is 70.7 cm³/mol. The second-order valence-electron chi connectivity index (χ2n) is 6.19. The van der Waals surface area contributed by atoms with Crippen molar-refractivity contribution in [3.8, 4) is 0 Å². The molecule has 0 aromatic rings. The number of aliphatic hydroxyl groups is 1. The van der Waals surface area contributed by atoms with E-state index in [0.29, 0.717) is 6.42 Å². The van der Waals surface area contributed by atoms with Crippen molar-refractivity contribution in [2.24, 2.45) is 5.92 Å². The maximum Gasteiger partial charge on any atom is 0.155 e. The molecule has 0 radical (unpaired) electrons. The second kappa shape index (κ2) is 5.70. The molecule has 102 valence electrons. The van der Waals surface area contributed by atoms with Crippen molar-refractivity contribution in [1.82, 2.24) is 0 Å². The molecule has 1 rings (SSSR count). The third kappa shape index (κ3) is 4.25. The summed E-state index contributed by atoms with van der Waals surface area (Å²) < 4.78 is 23.3. The van der Waals surface area contributed by atoms with Crippen molar-refractivity contribution in [2.75, 3.05) is 5.75 Å². The molecular weight excluding hydrogens is 236 g/mol. The van der Waals surface area contributed by atoms with Crippen LogP contribution in [-0.4, -0.2) is 30.1 Å². The van der Waals surface area contributed by atoms with Crippen LogP contribution < -0.4 is 0 Å². The first-order valence-corrected chi connectivity index (χ1v) is 8.29. The lowest BCUT2D eigenvalue weighted by Gasteiger charge is -2.23. The zero-order valence-electron chi connectivity index (χ0n) is 11.3. The van der Waals surface area contributed by atoms with Gasteiger partial charge in [0.1, 0.15) is 0 Å². The fraction of sp³-hybridized carbons (Fsp3) is 1.00. The fourth-order valence-electron chi connectivity index (χ4n) is 2.31. The highest BCUT2D eigenvalue weighted by atomic mass is 32.2. The molecule has 0 aliphatic heterocycles. The van der Waals surface area contributed by atoms with Crippen molar-refractivity contribution < 1.29 is 13.5 Å². The van der Waals surface area contributed by atoms with Gasteiger partial charge in [0.2, 0.25) is 0 Å². The second-order valence-corrected chi connectivity index (χ2v) is 9.05. The highest BCUT2D eigenvalue weighted by Gasteiger charge is 2.31. The smallest absolute Gasteiger partial charge is 0.155 e. The van der Waals surface area contributed by atoms with E-state index in [2.05, 4.69) is 0 Å². The van der Waals surface area contributed by atoms with Gasteiger partial charge in [-0.2, -0.15) is 0 Å². The highest BCUT2D eigenvalue weighted by molar-refractivity contribution is 7.92. The van der Waals surface area contributed by atoms with Crippen LogP contribution in [0, 0.1) is 5.92 Å². The molecule has 0 aromatic heterocycles. The quantitative estimate of drug-likeness (QED) is 0.795. The van der Waals surface area contributed by atoms with Crippen LogP contribution in [0.5, 0.6) is 0 Å². The molecule has 4 heteroatoms. The first kappa shape index (κ1) is 15.0. The number of aliphatic hydroxyl groups excluding tert-OH is 1. The maximum absolute atomic E-state index is 12.0. The number of hydrogen-bond donors (Lipinski definition) is 1. The van der Waals surface area contributed by atoms with Gasteiger partial charge in [-0.05, 0) is 46.0 Å². The van der Waals surface area contributed by atoms with Gasteiger partial charge in [0, 0.05) is 0 Å². The Hall–Kier alpha value is -0.0900. The normalized spacial score (nSPS) is 27.8. The number of hydrogen-bond acceptors (Lipinski definition) is 3. The van der Waals surface area contributed by atoms with Crippen LogP contribution in [-0.2, 0) is 9.84 Å². The van der Waals surface area contributed by atoms with Gasteiger partial charge in [0.15, 0.2) is 9.84 Å². The Kier molecular flexibility index (Phi) is 5.02. The molecular formula is C13H26O3S. The Balaban J connectivity index is 2.55. The Morgan fingerprint density at radius 2 is 1.71 bits per heavy atom. The van der Waals surface area contributed by atoms with E-state index in [1.165, 1.54) is 6.42 Å². The third-order valence-corrected chi connectivity index (χ3v) is 6.45. The van der Waals surface area contributed by atoms with E-state index >= 15 is 0 Å². The summed E-state index contributed by atoms with van der Waals surface area (Å²) in [4.78, 5) is 0. The van der Waals surface area contributed by atoms with E-state index in [-0.39, 0.29) is 17.8 Å². The monoisotopic (exact) mass is 262 g/mol. The topological polar surface area (TPSA) is 54.4 Å². The molecule has 0 spiro atoms. The van der Waals surface area contributed by atoms with Gasteiger partial charge < -0.3 is 5.11 Å². The van der Waals surface area contributed by atoms with Gasteiger partial charge in [-0.3, -0.25) is 0 Å². The standard InChI is InChI=1S/C13H26O3S/c1-13(2,3)17(15,16)10-9-11-7-5-4-6-8-12(11)14/h11-12,14H,4-10H2,1-3H3. The molecule has 0 saturated heterocycles. The zero-order valence-corrected chi connectivity index (χ0v) is 12.1. The van der Waals surface area contributed by atoms with Crippen LogP contribution in [0.4, 0.5) is 0 Å². The van der Waals surface area contributed by atoms with Crippen LogP contribution in [0.15, 0.2) is 0 Å². The Morgan fingerprint density at radius 3 is 2.29 bits per heavy atom. The first-order chi connectivity index (χ1) is 7.74. The maximum atomic E-state index is 12.0. The van der Waals surface area contributed by atoms with E-state index < -0.39 is 14.6 Å². The van der Waals surface area contributed by atoms with Crippen molar-refractivity contribution >= 4 is 9.84 Å². The summed E-state index contributed by atoms with van der Waals surface area (Å²) in [5.74, 6) is 0.382. The van der Waals surface area contributed by atoms with Gasteiger partial charge in [0.05, 0.1) is 16.6 Å². The average Bonchev–Trinajstić information content (AvgIpc) is 2.38. The fourth-order valence-corrected chi connectivity index (χ4v) is 3.54. The Bertz CT molecular complexity index is 327. The highest BCUT2D eigenvalue weighted by Crippen LogP contribution is 2.28. The van der Waals surface area contributed by atoms with E-state index in [1.54, 1.807) is 20.8 Å². The molecule has 1 N–H and O–H groups in total. The van der Waals surface area contributed by atoms with Gasteiger partial charge in [-0.25, -0.2) is 8.42 Å². The summed E-state index contributed by atoms with van der Waals surface area (Å²) in [6.45, 7) is 5.23. The first-order valence-electron chi connectivity index (χ1n) is 6.64. The largest absolute Gasteiger partial charge is 0.393 e. The van der Waals surface area contributed by atoms with E-state index in [4.69, 9.17) is 0 Å². The van der Waals surface area contributed by atoms with Gasteiger partial charge in [-0.1, -0.05) is 19.3 Å². The lowest BCUT2D eigenvalue weighted by atomic mass is 9.95. The van der Waals surface area contributed by atoms with Gasteiger partial charge >= 0.3 is 0 Å². The summed E-state index contributed by atoms with van der Waals surface area (Å²) in [5.41, 5.74) is 0. The molecule has 0 heterocycles. The van der Waals surface area contributed by atoms with Crippen LogP contribution in [0.1, 0.15) is 59.3 Å². The molecule has 0 bridgehead atoms. The number of sulfone groups is 1. The van der Waals surface area contributed by atoms with Crippen LogP contribution in [0.3, 0.4) is 0 Å². The van der Waals surface area contributed by atoms with Crippen LogP contribution in [0.2, 0.25) is 0 Å². The minimum atomic E-state index is -3.04. The molecule has 0 amide bonds. The lowest BCUT2D eigenvalue weighted by Crippen LogP contribution is -2.32. The third-order valence-electron chi connectivity index (χ3n) is 3.81. The minimum absolute atomic E-state index is 0.176. The Labute approximate surface area is 106 Å². The molecule has 3 nitrogen and oxygen atoms in total. The van der Waals surface area contributed by atoms with Crippen molar-refractivity contribution in [1.29, 1.82) is 0 Å². The van der Waals surface area contributed by atoms with E-state index in [1.807, 2.05) is 0 Å². The summed E-state index contributed by atoms with van der Waals surface area (Å²) in [7, 11) is -3.04. The molecule has 17 heavy (non-hydrogen) atoms. The average molecular weight is 262 g/mol. The van der Waals surface area contributed by atoms with Crippen molar-refractivity contribution in [3.05, 3.63) is 0 Å². The Morgan fingerprint density at radius 1 is 1.12 bits per heavy atom. The molecule has 2 atom stereocenters. The molecule has 1 saturated carbocycles. The minimum Gasteiger partial charge on any atom is -0.393 e. The van der Waals surface area contributed by atoms with Crippen molar-refractivity contribution in [3.63, 3.8) is 0 Å². The molecule has 1 aliphatic rings. The molecule has 0 aromatic carbocycles. The zero-order chi connectivity index (χ0) is 13.1. The summed E-state index contributed by atoms with van der Waals surface area (Å²) >= 11 is 0.